The molecule has 0 amide bonds. The highest BCUT2D eigenvalue weighted by Crippen LogP contribution is 2.60. The monoisotopic (exact) mass is 352 g/mol. The van der Waals surface area contributed by atoms with Crippen molar-refractivity contribution in [3.05, 3.63) is 46.5 Å². The van der Waals surface area contributed by atoms with E-state index in [2.05, 4.69) is 0 Å². The molecule has 6 nitrogen and oxygen atoms in total. The van der Waals surface area contributed by atoms with Crippen LogP contribution in [0.5, 0.6) is 11.5 Å². The highest BCUT2D eigenvalue weighted by atomic mass is 16.3. The van der Waals surface area contributed by atoms with Crippen LogP contribution in [-0.4, -0.2) is 38.1 Å². The molecule has 0 aliphatic heterocycles. The lowest BCUT2D eigenvalue weighted by molar-refractivity contribution is -0.106. The topological polar surface area (TPSA) is 115 Å². The number of hydrogen-bond donors (Lipinski definition) is 4. The summed E-state index contributed by atoms with van der Waals surface area (Å²) in [6, 6.07) is 6.04. The lowest BCUT2D eigenvalue weighted by atomic mass is 9.57. The van der Waals surface area contributed by atoms with Crippen molar-refractivity contribution in [3.63, 3.8) is 0 Å². The first-order valence-corrected chi connectivity index (χ1v) is 8.55. The number of carbonyl (C=O) groups excluding carboxylic acids is 2. The molecule has 2 aromatic rings. The zero-order valence-corrected chi connectivity index (χ0v) is 13.7. The van der Waals surface area contributed by atoms with Crippen LogP contribution in [0.1, 0.15) is 57.0 Å². The number of rotatable bonds is 0. The van der Waals surface area contributed by atoms with Crippen molar-refractivity contribution >= 4 is 11.6 Å². The predicted molar refractivity (Wildman–Crippen MR) is 90.4 cm³/mol. The summed E-state index contributed by atoms with van der Waals surface area (Å²) in [4.78, 5) is 24.9. The number of phenols is 2. The Labute approximate surface area is 148 Å². The second kappa shape index (κ2) is 4.72. The van der Waals surface area contributed by atoms with E-state index in [4.69, 9.17) is 0 Å². The van der Waals surface area contributed by atoms with Crippen molar-refractivity contribution in [2.24, 2.45) is 0 Å². The van der Waals surface area contributed by atoms with Gasteiger partial charge < -0.3 is 20.4 Å². The largest absolute Gasteiger partial charge is 0.507 e. The van der Waals surface area contributed by atoms with Crippen molar-refractivity contribution in [2.75, 3.05) is 0 Å². The van der Waals surface area contributed by atoms with Gasteiger partial charge >= 0.3 is 0 Å². The molecule has 4 N–H and O–H groups in total. The molecule has 132 valence electrons. The predicted octanol–water partition coefficient (Wildman–Crippen LogP) is 1.97. The van der Waals surface area contributed by atoms with Crippen LogP contribution in [0.15, 0.2) is 24.3 Å². The van der Waals surface area contributed by atoms with Gasteiger partial charge in [-0.05, 0) is 35.2 Å². The Morgan fingerprint density at radius 2 is 1.58 bits per heavy atom. The summed E-state index contributed by atoms with van der Waals surface area (Å²) in [5.74, 6) is -1.65. The molecule has 0 bridgehead atoms. The minimum Gasteiger partial charge on any atom is -0.507 e. The fraction of sp³-hybridized carbons (Fsp3) is 0.300. The standard InChI is InChI=1S/C20H16O6/c21-11-4-1-8-9-2-5-13(23)18-14(24)7-15(25)20(26,19(9)18)10-3-6-12(22)17(11)16(8)10/h1-2,4-5,10,15,21,23,25-26H,3,6-7H2. The fourth-order valence-corrected chi connectivity index (χ4v) is 5.00. The van der Waals surface area contributed by atoms with Gasteiger partial charge in [-0.3, -0.25) is 9.59 Å². The molecule has 0 heterocycles. The zero-order valence-electron chi connectivity index (χ0n) is 13.7. The maximum Gasteiger partial charge on any atom is 0.169 e. The summed E-state index contributed by atoms with van der Waals surface area (Å²) in [7, 11) is 0. The van der Waals surface area contributed by atoms with Crippen molar-refractivity contribution in [2.45, 2.75) is 36.9 Å². The zero-order chi connectivity index (χ0) is 18.4. The van der Waals surface area contributed by atoms with Crippen molar-refractivity contribution in [3.8, 4) is 22.6 Å². The first kappa shape index (κ1) is 15.5. The third-order valence-electron chi connectivity index (χ3n) is 6.08. The summed E-state index contributed by atoms with van der Waals surface area (Å²) in [5.41, 5.74) is 0.288. The molecule has 3 aliphatic carbocycles. The Kier molecular flexibility index (Phi) is 2.82. The summed E-state index contributed by atoms with van der Waals surface area (Å²) < 4.78 is 0. The van der Waals surface area contributed by atoms with Crippen LogP contribution in [0.25, 0.3) is 11.1 Å². The number of Topliss-reactive ketones (excluding diaryl/α,β-unsaturated/α-hetero) is 2. The second-order valence-electron chi connectivity index (χ2n) is 7.29. The Morgan fingerprint density at radius 1 is 0.923 bits per heavy atom. The lowest BCUT2D eigenvalue weighted by Gasteiger charge is -2.49. The second-order valence-corrected chi connectivity index (χ2v) is 7.29. The van der Waals surface area contributed by atoms with Gasteiger partial charge in [0.1, 0.15) is 17.1 Å². The van der Waals surface area contributed by atoms with Gasteiger partial charge in [-0.1, -0.05) is 12.1 Å². The number of aliphatic hydroxyl groups is 2. The number of phenolic OH excluding ortho intramolecular Hbond substituents is 2. The molecule has 3 atom stereocenters. The summed E-state index contributed by atoms with van der Waals surface area (Å²) >= 11 is 0. The Bertz CT molecular complexity index is 1020. The van der Waals surface area contributed by atoms with E-state index in [9.17, 15) is 30.0 Å². The van der Waals surface area contributed by atoms with Gasteiger partial charge in [0.05, 0.1) is 17.2 Å². The van der Waals surface area contributed by atoms with Crippen LogP contribution in [0.4, 0.5) is 0 Å². The molecule has 0 fully saturated rings. The molecule has 3 aliphatic rings. The number of aliphatic hydroxyl groups excluding tert-OH is 1. The molecule has 0 saturated heterocycles. The van der Waals surface area contributed by atoms with Crippen molar-refractivity contribution < 1.29 is 30.0 Å². The van der Waals surface area contributed by atoms with Crippen LogP contribution in [0, 0.1) is 0 Å². The highest BCUT2D eigenvalue weighted by Gasteiger charge is 2.57. The van der Waals surface area contributed by atoms with E-state index in [-0.39, 0.29) is 46.8 Å². The molecule has 2 aromatic carbocycles. The molecule has 3 unspecified atom stereocenters. The Balaban J connectivity index is 1.98. The quantitative estimate of drug-likeness (QED) is 0.576. The van der Waals surface area contributed by atoms with Gasteiger partial charge in [-0.15, -0.1) is 0 Å². The molecular weight excluding hydrogens is 336 g/mol. The number of ketones is 2. The van der Waals surface area contributed by atoms with Crippen LogP contribution >= 0.6 is 0 Å². The van der Waals surface area contributed by atoms with E-state index in [0.29, 0.717) is 23.1 Å². The average Bonchev–Trinajstić information content (AvgIpc) is 2.60. The summed E-state index contributed by atoms with van der Waals surface area (Å²) in [5, 5.41) is 42.8. The molecule has 5 rings (SSSR count). The van der Waals surface area contributed by atoms with Gasteiger partial charge in [0.25, 0.3) is 0 Å². The molecule has 0 spiro atoms. The van der Waals surface area contributed by atoms with Crippen molar-refractivity contribution in [1.82, 2.24) is 0 Å². The van der Waals surface area contributed by atoms with Crippen LogP contribution in [0.2, 0.25) is 0 Å². The maximum atomic E-state index is 12.5. The van der Waals surface area contributed by atoms with Gasteiger partial charge in [0.2, 0.25) is 0 Å². The first-order chi connectivity index (χ1) is 12.4. The van der Waals surface area contributed by atoms with E-state index < -0.39 is 23.4 Å². The Morgan fingerprint density at radius 3 is 2.31 bits per heavy atom. The average molecular weight is 352 g/mol. The number of aromatic hydroxyl groups is 2. The first-order valence-electron chi connectivity index (χ1n) is 8.55. The van der Waals surface area contributed by atoms with Gasteiger partial charge in [0, 0.05) is 24.3 Å². The fourth-order valence-electron chi connectivity index (χ4n) is 5.00. The van der Waals surface area contributed by atoms with E-state index in [1.54, 1.807) is 12.1 Å². The third-order valence-corrected chi connectivity index (χ3v) is 6.08. The molecule has 26 heavy (non-hydrogen) atoms. The van der Waals surface area contributed by atoms with Gasteiger partial charge in [-0.25, -0.2) is 0 Å². The number of benzene rings is 2. The van der Waals surface area contributed by atoms with Crippen LogP contribution in [0.3, 0.4) is 0 Å². The Hall–Kier alpha value is -2.70. The minimum absolute atomic E-state index is 0.0347. The smallest absolute Gasteiger partial charge is 0.169 e. The molecule has 0 aromatic heterocycles. The SMILES string of the molecule is O=C1CCC2c3c(ccc(O)c31)-c1ccc(O)c3c1C2(O)C(O)CC3=O. The number of carbonyl (C=O) groups is 2. The molecular formula is C20H16O6. The summed E-state index contributed by atoms with van der Waals surface area (Å²) in [6.07, 6.45) is -1.25. The van der Waals surface area contributed by atoms with E-state index in [1.165, 1.54) is 12.1 Å². The molecule has 6 heteroatoms. The van der Waals surface area contributed by atoms with Gasteiger partial charge in [-0.2, -0.15) is 0 Å². The number of fused-ring (bicyclic) bond motifs is 2. The normalized spacial score (nSPS) is 28.5. The van der Waals surface area contributed by atoms with E-state index >= 15 is 0 Å². The summed E-state index contributed by atoms with van der Waals surface area (Å²) in [6.45, 7) is 0. The van der Waals surface area contributed by atoms with E-state index in [0.717, 1.165) is 0 Å². The third kappa shape index (κ3) is 1.59. The molecule has 0 saturated carbocycles. The van der Waals surface area contributed by atoms with Crippen LogP contribution < -0.4 is 0 Å². The number of hydrogen-bond acceptors (Lipinski definition) is 6. The minimum atomic E-state index is -1.80. The molecule has 0 radical (unpaired) electrons. The maximum absolute atomic E-state index is 12.5. The van der Waals surface area contributed by atoms with Crippen molar-refractivity contribution in [1.29, 1.82) is 0 Å². The lowest BCUT2D eigenvalue weighted by Crippen LogP contribution is -2.52. The van der Waals surface area contributed by atoms with Crippen LogP contribution in [-0.2, 0) is 5.60 Å². The highest BCUT2D eigenvalue weighted by molar-refractivity contribution is 6.07. The van der Waals surface area contributed by atoms with Gasteiger partial charge in [0.15, 0.2) is 11.6 Å². The van der Waals surface area contributed by atoms with E-state index in [1.807, 2.05) is 0 Å².